The highest BCUT2D eigenvalue weighted by Crippen LogP contribution is 2.77. The van der Waals surface area contributed by atoms with Gasteiger partial charge in [-0.2, -0.15) is 0 Å². The van der Waals surface area contributed by atoms with Gasteiger partial charge in [-0.25, -0.2) is 4.79 Å². The summed E-state index contributed by atoms with van der Waals surface area (Å²) in [4.78, 5) is 25.5. The van der Waals surface area contributed by atoms with E-state index in [4.69, 9.17) is 19.9 Å². The summed E-state index contributed by atoms with van der Waals surface area (Å²) in [5, 5.41) is 10.8. The maximum atomic E-state index is 13.1. The van der Waals surface area contributed by atoms with E-state index in [0.29, 0.717) is 42.2 Å². The van der Waals surface area contributed by atoms with Crippen molar-refractivity contribution >= 4 is 11.9 Å². The number of carbonyl (C=O) groups is 2. The van der Waals surface area contributed by atoms with Crippen molar-refractivity contribution in [2.24, 2.45) is 62.4 Å². The average Bonchev–Trinajstić information content (AvgIpc) is 3.30. The van der Waals surface area contributed by atoms with Crippen LogP contribution < -0.4 is 5.73 Å². The van der Waals surface area contributed by atoms with Crippen LogP contribution in [-0.4, -0.2) is 56.6 Å². The lowest BCUT2D eigenvalue weighted by molar-refractivity contribution is -0.241. The molecule has 41 heavy (non-hydrogen) atoms. The Labute approximate surface area is 248 Å². The standard InChI is InChI=1S/C34H57NO6/c1-30(2)12-7-13-31(3)25(30)11-14-33(5)26(31)9-8-23-28-22(24(39-6)20-41-27(36)21-40-19-18-35)10-15-34(28,29(37)38)17-16-32(23,33)4/h22-26,28H,7-21,35H2,1-6H3,(H,37,38)/t22?,23?,24?,25?,26?,28?,31?,32-,33?,34?/m1/s1. The molecule has 0 aromatic carbocycles. The van der Waals surface area contributed by atoms with Crippen molar-refractivity contribution in [1.29, 1.82) is 0 Å². The maximum absolute atomic E-state index is 13.1. The zero-order chi connectivity index (χ0) is 29.8. The molecule has 5 fully saturated rings. The van der Waals surface area contributed by atoms with E-state index < -0.39 is 17.4 Å². The van der Waals surface area contributed by atoms with Crippen LogP contribution >= 0.6 is 0 Å². The van der Waals surface area contributed by atoms with Gasteiger partial charge in [0, 0.05) is 13.7 Å². The van der Waals surface area contributed by atoms with Gasteiger partial charge in [0.15, 0.2) is 0 Å². The van der Waals surface area contributed by atoms with Gasteiger partial charge in [-0.05, 0) is 115 Å². The average molecular weight is 576 g/mol. The van der Waals surface area contributed by atoms with Gasteiger partial charge in [0.2, 0.25) is 0 Å². The minimum atomic E-state index is -0.711. The monoisotopic (exact) mass is 575 g/mol. The minimum absolute atomic E-state index is 0.0296. The molecule has 5 aliphatic rings. The Morgan fingerprint density at radius 3 is 2.34 bits per heavy atom. The molecule has 0 aromatic rings. The summed E-state index contributed by atoms with van der Waals surface area (Å²) in [6.45, 7) is 13.5. The zero-order valence-electron chi connectivity index (χ0n) is 26.6. The van der Waals surface area contributed by atoms with Gasteiger partial charge >= 0.3 is 11.9 Å². The van der Waals surface area contributed by atoms with E-state index in [-0.39, 0.29) is 42.0 Å². The number of hydrogen-bond acceptors (Lipinski definition) is 6. The van der Waals surface area contributed by atoms with E-state index in [1.807, 2.05) is 0 Å². The molecule has 5 saturated carbocycles. The number of carbonyl (C=O) groups excluding carboxylic acids is 1. The summed E-state index contributed by atoms with van der Waals surface area (Å²) in [5.41, 5.74) is 5.78. The Morgan fingerprint density at radius 1 is 0.902 bits per heavy atom. The topological polar surface area (TPSA) is 108 Å². The SMILES string of the molecule is COC(COC(=O)COCCN)C1CCC2(C(=O)O)CC[C@]3(C)C(CCC4C5(C)CCCC(C)(C)C5CCC43C)C12. The number of methoxy groups -OCH3 is 1. The van der Waals surface area contributed by atoms with E-state index in [0.717, 1.165) is 31.6 Å². The van der Waals surface area contributed by atoms with Gasteiger partial charge in [0.25, 0.3) is 0 Å². The van der Waals surface area contributed by atoms with E-state index in [2.05, 4.69) is 34.6 Å². The largest absolute Gasteiger partial charge is 0.481 e. The second kappa shape index (κ2) is 11.1. The van der Waals surface area contributed by atoms with Gasteiger partial charge in [-0.1, -0.05) is 41.0 Å². The van der Waals surface area contributed by atoms with E-state index in [1.54, 1.807) is 7.11 Å². The molecule has 9 unspecified atom stereocenters. The molecule has 10 atom stereocenters. The van der Waals surface area contributed by atoms with Crippen molar-refractivity contribution in [2.75, 3.05) is 33.5 Å². The molecule has 234 valence electrons. The number of rotatable bonds is 9. The van der Waals surface area contributed by atoms with Crippen molar-refractivity contribution in [2.45, 2.75) is 111 Å². The summed E-state index contributed by atoms with van der Waals surface area (Å²) in [6.07, 6.45) is 11.7. The van der Waals surface area contributed by atoms with Crippen molar-refractivity contribution < 1.29 is 28.9 Å². The molecule has 0 aromatic heterocycles. The van der Waals surface area contributed by atoms with Crippen LogP contribution in [0.25, 0.3) is 0 Å². The molecule has 5 aliphatic carbocycles. The third-order valence-corrected chi connectivity index (χ3v) is 14.3. The molecule has 5 rings (SSSR count). The summed E-state index contributed by atoms with van der Waals surface area (Å²) in [5.74, 6) is 0.806. The van der Waals surface area contributed by atoms with Crippen molar-refractivity contribution in [3.05, 3.63) is 0 Å². The Kier molecular flexibility index (Phi) is 8.44. The minimum Gasteiger partial charge on any atom is -0.481 e. The molecule has 0 heterocycles. The van der Waals surface area contributed by atoms with Crippen LogP contribution in [0.4, 0.5) is 0 Å². The van der Waals surface area contributed by atoms with Crippen LogP contribution in [0.1, 0.15) is 105 Å². The molecular weight excluding hydrogens is 518 g/mol. The van der Waals surface area contributed by atoms with Crippen LogP contribution in [-0.2, 0) is 23.8 Å². The molecule has 0 saturated heterocycles. The van der Waals surface area contributed by atoms with Crippen LogP contribution in [0.3, 0.4) is 0 Å². The lowest BCUT2D eigenvalue weighted by Gasteiger charge is -2.72. The highest BCUT2D eigenvalue weighted by Gasteiger charge is 2.72. The fourth-order valence-corrected chi connectivity index (χ4v) is 12.4. The van der Waals surface area contributed by atoms with Crippen molar-refractivity contribution in [3.63, 3.8) is 0 Å². The second-order valence-corrected chi connectivity index (χ2v) is 16.0. The normalized spacial score (nSPS) is 45.5. The third kappa shape index (κ3) is 4.70. The predicted octanol–water partition coefficient (Wildman–Crippen LogP) is 6.08. The molecule has 0 radical (unpaired) electrons. The Morgan fingerprint density at radius 2 is 1.66 bits per heavy atom. The number of ether oxygens (including phenoxy) is 3. The first-order chi connectivity index (χ1) is 19.3. The number of aliphatic carboxylic acids is 1. The van der Waals surface area contributed by atoms with E-state index in [1.165, 1.54) is 38.5 Å². The second-order valence-electron chi connectivity index (χ2n) is 16.0. The molecule has 0 spiro atoms. The number of esters is 1. The first-order valence-corrected chi connectivity index (χ1v) is 16.5. The fraction of sp³-hybridized carbons (Fsp3) is 0.941. The highest BCUT2D eigenvalue weighted by atomic mass is 16.6. The molecule has 3 N–H and O–H groups in total. The number of fused-ring (bicyclic) bond motifs is 7. The summed E-state index contributed by atoms with van der Waals surface area (Å²) in [6, 6.07) is 0. The quantitative estimate of drug-likeness (QED) is 0.253. The molecule has 7 heteroatoms. The Hall–Kier alpha value is -1.18. The summed E-state index contributed by atoms with van der Waals surface area (Å²) in [7, 11) is 1.68. The molecule has 0 amide bonds. The number of nitrogens with two attached hydrogens (primary N) is 1. The molecule has 0 bridgehead atoms. The van der Waals surface area contributed by atoms with Gasteiger partial charge in [-0.3, -0.25) is 4.79 Å². The van der Waals surface area contributed by atoms with Crippen LogP contribution in [0.5, 0.6) is 0 Å². The predicted molar refractivity (Wildman–Crippen MR) is 158 cm³/mol. The van der Waals surface area contributed by atoms with E-state index >= 15 is 0 Å². The number of carboxylic acids is 1. The smallest absolute Gasteiger partial charge is 0.332 e. The Balaban J connectivity index is 1.44. The first-order valence-electron chi connectivity index (χ1n) is 16.5. The Bertz CT molecular complexity index is 1000. The lowest BCUT2D eigenvalue weighted by atomic mass is 9.32. The lowest BCUT2D eigenvalue weighted by Crippen LogP contribution is -2.66. The van der Waals surface area contributed by atoms with Gasteiger partial charge in [0.05, 0.1) is 18.1 Å². The highest BCUT2D eigenvalue weighted by molar-refractivity contribution is 5.76. The van der Waals surface area contributed by atoms with Gasteiger partial charge in [-0.15, -0.1) is 0 Å². The first kappa shape index (κ1) is 31.3. The number of hydrogen-bond donors (Lipinski definition) is 2. The maximum Gasteiger partial charge on any atom is 0.332 e. The summed E-state index contributed by atoms with van der Waals surface area (Å²) < 4.78 is 16.9. The van der Waals surface area contributed by atoms with Crippen LogP contribution in [0.15, 0.2) is 0 Å². The van der Waals surface area contributed by atoms with Gasteiger partial charge in [0.1, 0.15) is 13.2 Å². The molecule has 7 nitrogen and oxygen atoms in total. The van der Waals surface area contributed by atoms with Gasteiger partial charge < -0.3 is 25.1 Å². The zero-order valence-corrected chi connectivity index (χ0v) is 26.6. The molecular formula is C34H57NO6. The van der Waals surface area contributed by atoms with Crippen molar-refractivity contribution in [3.8, 4) is 0 Å². The molecule has 0 aliphatic heterocycles. The van der Waals surface area contributed by atoms with E-state index in [9.17, 15) is 14.7 Å². The van der Waals surface area contributed by atoms with Crippen molar-refractivity contribution in [1.82, 2.24) is 0 Å². The third-order valence-electron chi connectivity index (χ3n) is 14.3. The summed E-state index contributed by atoms with van der Waals surface area (Å²) >= 11 is 0. The number of carboxylic acid groups (broad SMARTS) is 1. The van der Waals surface area contributed by atoms with Crippen LogP contribution in [0, 0.1) is 56.7 Å². The fourth-order valence-electron chi connectivity index (χ4n) is 12.4. The van der Waals surface area contributed by atoms with Crippen LogP contribution in [0.2, 0.25) is 0 Å².